The van der Waals surface area contributed by atoms with Crippen molar-refractivity contribution in [2.45, 2.75) is 26.7 Å². The molecule has 0 aromatic carbocycles. The summed E-state index contributed by atoms with van der Waals surface area (Å²) >= 11 is 0. The molecule has 0 saturated carbocycles. The number of carbonyl (C=O) groups is 2. The van der Waals surface area contributed by atoms with E-state index in [1.54, 1.807) is 25.0 Å². The third-order valence-corrected chi connectivity index (χ3v) is 3.34. The molecule has 1 aliphatic heterocycles. The molecular weight excluding hydrogens is 246 g/mol. The Morgan fingerprint density at radius 2 is 1.89 bits per heavy atom. The molecule has 0 spiro atoms. The van der Waals surface area contributed by atoms with Crippen molar-refractivity contribution in [1.82, 2.24) is 14.8 Å². The number of hydrogen-bond donors (Lipinski definition) is 0. The number of aromatic nitrogens is 1. The third kappa shape index (κ3) is 3.56. The molecule has 1 aromatic rings. The first kappa shape index (κ1) is 13.6. The third-order valence-electron chi connectivity index (χ3n) is 3.34. The maximum atomic E-state index is 12.0. The summed E-state index contributed by atoms with van der Waals surface area (Å²) in [4.78, 5) is 31.0. The Kier molecular flexibility index (Phi) is 4.19. The van der Waals surface area contributed by atoms with E-state index in [0.717, 1.165) is 5.69 Å². The molecule has 2 amide bonds. The molecule has 0 aliphatic carbocycles. The van der Waals surface area contributed by atoms with Crippen LogP contribution in [-0.4, -0.2) is 52.8 Å². The van der Waals surface area contributed by atoms with E-state index in [0.29, 0.717) is 44.9 Å². The van der Waals surface area contributed by atoms with E-state index in [1.807, 2.05) is 4.90 Å². The van der Waals surface area contributed by atoms with Crippen LogP contribution in [0.15, 0.2) is 10.7 Å². The van der Waals surface area contributed by atoms with Gasteiger partial charge in [-0.3, -0.25) is 9.59 Å². The van der Waals surface area contributed by atoms with Gasteiger partial charge < -0.3 is 14.2 Å². The smallest absolute Gasteiger partial charge is 0.223 e. The summed E-state index contributed by atoms with van der Waals surface area (Å²) in [7, 11) is 0. The molecule has 0 atom stereocenters. The summed E-state index contributed by atoms with van der Waals surface area (Å²) in [6, 6.07) is 0. The SMILES string of the molecule is CC(=O)N1CCN(C(=O)CCc2coc(C)n2)CC1. The van der Waals surface area contributed by atoms with E-state index in [-0.39, 0.29) is 11.8 Å². The van der Waals surface area contributed by atoms with Crippen LogP contribution in [0.1, 0.15) is 24.9 Å². The van der Waals surface area contributed by atoms with Crippen LogP contribution in [0.25, 0.3) is 0 Å². The van der Waals surface area contributed by atoms with Crippen molar-refractivity contribution >= 4 is 11.8 Å². The van der Waals surface area contributed by atoms with Crippen LogP contribution >= 0.6 is 0 Å². The Labute approximate surface area is 112 Å². The van der Waals surface area contributed by atoms with Crippen molar-refractivity contribution in [3.05, 3.63) is 17.8 Å². The predicted molar refractivity (Wildman–Crippen MR) is 68.4 cm³/mol. The van der Waals surface area contributed by atoms with Gasteiger partial charge in [-0.2, -0.15) is 0 Å². The predicted octanol–water partition coefficient (Wildman–Crippen LogP) is 0.606. The van der Waals surface area contributed by atoms with Crippen molar-refractivity contribution < 1.29 is 14.0 Å². The molecule has 6 heteroatoms. The first-order valence-electron chi connectivity index (χ1n) is 6.50. The molecule has 1 aliphatic rings. The summed E-state index contributed by atoms with van der Waals surface area (Å²) in [5, 5.41) is 0. The lowest BCUT2D eigenvalue weighted by molar-refractivity contribution is -0.138. The lowest BCUT2D eigenvalue weighted by atomic mass is 10.2. The van der Waals surface area contributed by atoms with Gasteiger partial charge in [0.15, 0.2) is 5.89 Å². The molecule has 0 bridgehead atoms. The van der Waals surface area contributed by atoms with Crippen LogP contribution in [0.4, 0.5) is 0 Å². The highest BCUT2D eigenvalue weighted by molar-refractivity contribution is 5.77. The second kappa shape index (κ2) is 5.86. The molecule has 1 saturated heterocycles. The lowest BCUT2D eigenvalue weighted by Crippen LogP contribution is -2.50. The molecule has 1 aromatic heterocycles. The summed E-state index contributed by atoms with van der Waals surface area (Å²) in [5.74, 6) is 0.812. The van der Waals surface area contributed by atoms with Crippen molar-refractivity contribution in [3.63, 3.8) is 0 Å². The van der Waals surface area contributed by atoms with E-state index in [4.69, 9.17) is 4.42 Å². The fraction of sp³-hybridized carbons (Fsp3) is 0.615. The monoisotopic (exact) mass is 265 g/mol. The number of oxazole rings is 1. The number of amides is 2. The Morgan fingerprint density at radius 1 is 1.26 bits per heavy atom. The number of nitrogens with zero attached hydrogens (tertiary/aromatic N) is 3. The van der Waals surface area contributed by atoms with Crippen LogP contribution in [0.2, 0.25) is 0 Å². The van der Waals surface area contributed by atoms with Gasteiger partial charge >= 0.3 is 0 Å². The van der Waals surface area contributed by atoms with E-state index in [1.165, 1.54) is 0 Å². The summed E-state index contributed by atoms with van der Waals surface area (Å²) in [5.41, 5.74) is 0.813. The molecule has 1 fully saturated rings. The number of hydrogen-bond acceptors (Lipinski definition) is 4. The van der Waals surface area contributed by atoms with Gasteiger partial charge in [0.05, 0.1) is 5.69 Å². The van der Waals surface area contributed by atoms with Gasteiger partial charge in [-0.15, -0.1) is 0 Å². The van der Waals surface area contributed by atoms with Crippen LogP contribution in [0.5, 0.6) is 0 Å². The number of piperazine rings is 1. The molecular formula is C13H19N3O3. The average molecular weight is 265 g/mol. The van der Waals surface area contributed by atoms with E-state index in [9.17, 15) is 9.59 Å². The maximum Gasteiger partial charge on any atom is 0.223 e. The quantitative estimate of drug-likeness (QED) is 0.803. The Balaban J connectivity index is 1.77. The lowest BCUT2D eigenvalue weighted by Gasteiger charge is -2.34. The van der Waals surface area contributed by atoms with Gasteiger partial charge in [0.2, 0.25) is 11.8 Å². The van der Waals surface area contributed by atoms with Gasteiger partial charge in [0.1, 0.15) is 6.26 Å². The molecule has 2 heterocycles. The topological polar surface area (TPSA) is 66.7 Å². The number of aryl methyl sites for hydroxylation is 2. The molecule has 0 radical (unpaired) electrons. The van der Waals surface area contributed by atoms with Crippen LogP contribution in [-0.2, 0) is 16.0 Å². The fourth-order valence-corrected chi connectivity index (χ4v) is 2.19. The zero-order valence-electron chi connectivity index (χ0n) is 11.4. The van der Waals surface area contributed by atoms with Gasteiger partial charge in [0, 0.05) is 52.9 Å². The second-order valence-corrected chi connectivity index (χ2v) is 4.74. The Bertz CT molecular complexity index is 461. The Morgan fingerprint density at radius 3 is 2.42 bits per heavy atom. The van der Waals surface area contributed by atoms with Crippen molar-refractivity contribution in [2.75, 3.05) is 26.2 Å². The highest BCUT2D eigenvalue weighted by Gasteiger charge is 2.22. The summed E-state index contributed by atoms with van der Waals surface area (Å²) in [6.45, 7) is 5.84. The van der Waals surface area contributed by atoms with E-state index >= 15 is 0 Å². The normalized spacial score (nSPS) is 15.7. The second-order valence-electron chi connectivity index (χ2n) is 4.74. The van der Waals surface area contributed by atoms with Gasteiger partial charge in [-0.05, 0) is 0 Å². The Hall–Kier alpha value is -1.85. The highest BCUT2D eigenvalue weighted by Crippen LogP contribution is 2.08. The van der Waals surface area contributed by atoms with Crippen molar-refractivity contribution in [3.8, 4) is 0 Å². The van der Waals surface area contributed by atoms with Crippen molar-refractivity contribution in [2.24, 2.45) is 0 Å². The minimum absolute atomic E-state index is 0.0742. The van der Waals surface area contributed by atoms with Gasteiger partial charge in [-0.25, -0.2) is 4.98 Å². The fourth-order valence-electron chi connectivity index (χ4n) is 2.19. The zero-order valence-corrected chi connectivity index (χ0v) is 11.4. The summed E-state index contributed by atoms with van der Waals surface area (Å²) in [6.07, 6.45) is 2.63. The van der Waals surface area contributed by atoms with Crippen LogP contribution in [0.3, 0.4) is 0 Å². The standard InChI is InChI=1S/C13H19N3O3/c1-10-14-12(9-19-10)3-4-13(18)16-7-5-15(6-8-16)11(2)17/h9H,3-8H2,1-2H3. The van der Waals surface area contributed by atoms with Crippen LogP contribution < -0.4 is 0 Å². The summed E-state index contributed by atoms with van der Waals surface area (Å²) < 4.78 is 5.10. The minimum Gasteiger partial charge on any atom is -0.449 e. The first-order chi connectivity index (χ1) is 9.06. The maximum absolute atomic E-state index is 12.0. The van der Waals surface area contributed by atoms with Gasteiger partial charge in [0.25, 0.3) is 0 Å². The molecule has 0 N–H and O–H groups in total. The largest absolute Gasteiger partial charge is 0.449 e. The minimum atomic E-state index is 0.0742. The van der Waals surface area contributed by atoms with Gasteiger partial charge in [-0.1, -0.05) is 0 Å². The average Bonchev–Trinajstić information content (AvgIpc) is 2.82. The molecule has 104 valence electrons. The molecule has 19 heavy (non-hydrogen) atoms. The highest BCUT2D eigenvalue weighted by atomic mass is 16.3. The number of rotatable bonds is 3. The number of carbonyl (C=O) groups excluding carboxylic acids is 2. The van der Waals surface area contributed by atoms with E-state index in [2.05, 4.69) is 4.98 Å². The van der Waals surface area contributed by atoms with E-state index < -0.39 is 0 Å². The zero-order chi connectivity index (χ0) is 13.8. The van der Waals surface area contributed by atoms with Crippen LogP contribution in [0, 0.1) is 6.92 Å². The molecule has 0 unspecified atom stereocenters. The van der Waals surface area contributed by atoms with Crippen molar-refractivity contribution in [1.29, 1.82) is 0 Å². The first-order valence-corrected chi connectivity index (χ1v) is 6.50. The molecule has 6 nitrogen and oxygen atoms in total. The molecule has 2 rings (SSSR count).